The van der Waals surface area contributed by atoms with Crippen LogP contribution in [-0.4, -0.2) is 33.6 Å². The molecule has 0 aromatic heterocycles. The molecule has 0 spiro atoms. The van der Waals surface area contributed by atoms with Crippen LogP contribution < -0.4 is 0 Å². The van der Waals surface area contributed by atoms with Crippen molar-refractivity contribution in [2.45, 2.75) is 0 Å². The number of ether oxygens (including phenoxy) is 2. The van der Waals surface area contributed by atoms with Gasteiger partial charge in [0.05, 0.1) is 6.61 Å². The predicted molar refractivity (Wildman–Crippen MR) is 50.5 cm³/mol. The minimum atomic E-state index is 0.531. The molecule has 0 radical (unpaired) electrons. The van der Waals surface area contributed by atoms with Gasteiger partial charge in [0.2, 0.25) is 0 Å². The maximum Gasteiger partial charge on any atom is 0.112 e. The number of rotatable bonds is 6. The Hall–Kier alpha value is -1.09. The van der Waals surface area contributed by atoms with Gasteiger partial charge in [-0.1, -0.05) is 6.58 Å². The van der Waals surface area contributed by atoms with Crippen LogP contribution in [0.1, 0.15) is 0 Å². The summed E-state index contributed by atoms with van der Waals surface area (Å²) in [6, 6.07) is 0. The van der Waals surface area contributed by atoms with E-state index >= 15 is 0 Å². The third kappa shape index (κ3) is 7.02. The van der Waals surface area contributed by atoms with Crippen LogP contribution in [0.3, 0.4) is 0 Å². The summed E-state index contributed by atoms with van der Waals surface area (Å²) in [7, 11) is 3.34. The Kier molecular flexibility index (Phi) is 7.28. The molecule has 3 heteroatoms. The summed E-state index contributed by atoms with van der Waals surface area (Å²) in [5, 5.41) is 0. The molecule has 0 aromatic rings. The maximum atomic E-state index is 5.16. The zero-order chi connectivity index (χ0) is 9.23. The predicted octanol–water partition coefficient (Wildman–Crippen LogP) is 1.42. The van der Waals surface area contributed by atoms with Gasteiger partial charge in [-0.2, -0.15) is 0 Å². The summed E-state index contributed by atoms with van der Waals surface area (Å²) in [5.41, 5.74) is 0. The third-order valence-electron chi connectivity index (χ3n) is 1.09. The molecule has 0 unspecified atom stereocenters. The molecule has 0 aliphatic carbocycles. The highest BCUT2D eigenvalue weighted by atomic mass is 16.5. The summed E-state index contributed by atoms with van der Waals surface area (Å²) < 4.78 is 9.96. The van der Waals surface area contributed by atoms with Crippen LogP contribution in [0.4, 0.5) is 0 Å². The van der Waals surface area contributed by atoms with E-state index in [2.05, 4.69) is 11.6 Å². The standard InChI is InChI=1S/C9H15NO2/c1-9(5-4-6-10-2)12-8-7-11-3/h4-6H,1,7-8H2,2-3H3/b5-4-,10-6?. The second-order valence-corrected chi connectivity index (χ2v) is 2.07. The molecule has 0 aromatic carbocycles. The first-order chi connectivity index (χ1) is 5.81. The second-order valence-electron chi connectivity index (χ2n) is 2.07. The fourth-order valence-electron chi connectivity index (χ4n) is 0.541. The van der Waals surface area contributed by atoms with Gasteiger partial charge in [0.15, 0.2) is 0 Å². The van der Waals surface area contributed by atoms with Crippen molar-refractivity contribution in [3.63, 3.8) is 0 Å². The third-order valence-corrected chi connectivity index (χ3v) is 1.09. The van der Waals surface area contributed by atoms with Crippen molar-refractivity contribution in [3.05, 3.63) is 24.5 Å². The lowest BCUT2D eigenvalue weighted by molar-refractivity contribution is 0.115. The lowest BCUT2D eigenvalue weighted by Gasteiger charge is -2.02. The summed E-state index contributed by atoms with van der Waals surface area (Å²) in [6.45, 7) is 4.78. The van der Waals surface area contributed by atoms with Crippen molar-refractivity contribution in [3.8, 4) is 0 Å². The Morgan fingerprint density at radius 2 is 2.25 bits per heavy atom. The molecule has 0 aliphatic heterocycles. The Bertz CT molecular complexity index is 173. The van der Waals surface area contributed by atoms with Crippen molar-refractivity contribution < 1.29 is 9.47 Å². The summed E-state index contributed by atoms with van der Waals surface area (Å²) in [5.74, 6) is 0.618. The molecule has 0 atom stereocenters. The smallest absolute Gasteiger partial charge is 0.112 e. The monoisotopic (exact) mass is 169 g/mol. The average molecular weight is 169 g/mol. The quantitative estimate of drug-likeness (QED) is 0.260. The van der Waals surface area contributed by atoms with E-state index in [4.69, 9.17) is 9.47 Å². The molecule has 0 bridgehead atoms. The van der Waals surface area contributed by atoms with E-state index in [1.807, 2.05) is 0 Å². The topological polar surface area (TPSA) is 30.8 Å². The number of allylic oxidation sites excluding steroid dienone is 2. The molecule has 0 saturated heterocycles. The van der Waals surface area contributed by atoms with Crippen molar-refractivity contribution in [2.24, 2.45) is 4.99 Å². The Morgan fingerprint density at radius 1 is 1.50 bits per heavy atom. The van der Waals surface area contributed by atoms with E-state index in [0.29, 0.717) is 19.0 Å². The molecule has 0 amide bonds. The van der Waals surface area contributed by atoms with Crippen LogP contribution in [0.15, 0.2) is 29.5 Å². The van der Waals surface area contributed by atoms with Gasteiger partial charge in [0.1, 0.15) is 12.4 Å². The molecule has 0 rings (SSSR count). The van der Waals surface area contributed by atoms with E-state index in [0.717, 1.165) is 0 Å². The normalized spacial score (nSPS) is 11.2. The van der Waals surface area contributed by atoms with Crippen LogP contribution in [0.25, 0.3) is 0 Å². The minimum absolute atomic E-state index is 0.531. The van der Waals surface area contributed by atoms with Gasteiger partial charge >= 0.3 is 0 Å². The molecule has 0 fully saturated rings. The fourth-order valence-corrected chi connectivity index (χ4v) is 0.541. The van der Waals surface area contributed by atoms with E-state index in [9.17, 15) is 0 Å². The highest BCUT2D eigenvalue weighted by Gasteiger charge is 1.86. The molecule has 0 saturated carbocycles. The number of hydrogen-bond acceptors (Lipinski definition) is 3. The maximum absolute atomic E-state index is 5.16. The van der Waals surface area contributed by atoms with Gasteiger partial charge in [0.25, 0.3) is 0 Å². The molecule has 3 nitrogen and oxygen atoms in total. The van der Waals surface area contributed by atoms with Gasteiger partial charge in [0, 0.05) is 20.4 Å². The lowest BCUT2D eigenvalue weighted by atomic mass is 10.4. The van der Waals surface area contributed by atoms with Crippen LogP contribution >= 0.6 is 0 Å². The molecule has 0 N–H and O–H groups in total. The van der Waals surface area contributed by atoms with Crippen LogP contribution in [-0.2, 0) is 9.47 Å². The number of aliphatic imine (C=N–C) groups is 1. The zero-order valence-corrected chi connectivity index (χ0v) is 7.62. The summed E-state index contributed by atoms with van der Waals surface area (Å²) in [6.07, 6.45) is 5.20. The Morgan fingerprint density at radius 3 is 2.83 bits per heavy atom. The number of hydrogen-bond donors (Lipinski definition) is 0. The molecule has 68 valence electrons. The highest BCUT2D eigenvalue weighted by Crippen LogP contribution is 1.94. The van der Waals surface area contributed by atoms with Gasteiger partial charge in [-0.05, 0) is 12.2 Å². The van der Waals surface area contributed by atoms with E-state index in [1.165, 1.54) is 0 Å². The highest BCUT2D eigenvalue weighted by molar-refractivity contribution is 5.71. The average Bonchev–Trinajstić information content (AvgIpc) is 2.06. The molecule has 0 aliphatic rings. The SMILES string of the molecule is C=C(/C=C\C=NC)OCCOC. The van der Waals surface area contributed by atoms with Crippen molar-refractivity contribution in [1.82, 2.24) is 0 Å². The second kappa shape index (κ2) is 8.01. The minimum Gasteiger partial charge on any atom is -0.492 e. The van der Waals surface area contributed by atoms with E-state index in [-0.39, 0.29) is 0 Å². The largest absolute Gasteiger partial charge is 0.492 e. The molecular formula is C9H15NO2. The van der Waals surface area contributed by atoms with E-state index in [1.54, 1.807) is 32.5 Å². The summed E-state index contributed by atoms with van der Waals surface area (Å²) in [4.78, 5) is 3.77. The molecule has 12 heavy (non-hydrogen) atoms. The van der Waals surface area contributed by atoms with Gasteiger partial charge in [-0.25, -0.2) is 0 Å². The Balaban J connectivity index is 3.45. The van der Waals surface area contributed by atoms with Crippen molar-refractivity contribution >= 4 is 6.21 Å². The van der Waals surface area contributed by atoms with E-state index < -0.39 is 0 Å². The first-order valence-electron chi connectivity index (χ1n) is 3.70. The Labute approximate surface area is 73.4 Å². The van der Waals surface area contributed by atoms with Gasteiger partial charge in [-0.15, -0.1) is 0 Å². The first kappa shape index (κ1) is 10.9. The number of methoxy groups -OCH3 is 1. The van der Waals surface area contributed by atoms with Crippen LogP contribution in [0.5, 0.6) is 0 Å². The van der Waals surface area contributed by atoms with Crippen molar-refractivity contribution in [2.75, 3.05) is 27.4 Å². The van der Waals surface area contributed by atoms with Gasteiger partial charge in [-0.3, -0.25) is 4.99 Å². The van der Waals surface area contributed by atoms with Crippen molar-refractivity contribution in [1.29, 1.82) is 0 Å². The zero-order valence-electron chi connectivity index (χ0n) is 7.62. The molecular weight excluding hydrogens is 154 g/mol. The lowest BCUT2D eigenvalue weighted by Crippen LogP contribution is -1.99. The summed E-state index contributed by atoms with van der Waals surface area (Å²) >= 11 is 0. The first-order valence-corrected chi connectivity index (χ1v) is 3.70. The molecule has 0 heterocycles. The van der Waals surface area contributed by atoms with Gasteiger partial charge < -0.3 is 9.47 Å². The fraction of sp³-hybridized carbons (Fsp3) is 0.444. The van der Waals surface area contributed by atoms with Crippen LogP contribution in [0, 0.1) is 0 Å². The number of nitrogens with zero attached hydrogens (tertiary/aromatic N) is 1. The van der Waals surface area contributed by atoms with Crippen LogP contribution in [0.2, 0.25) is 0 Å².